The smallest absolute Gasteiger partial charge is 0.438 e. The lowest BCUT2D eigenvalue weighted by Crippen LogP contribution is -2.21. The molecule has 0 radical (unpaired) electrons. The summed E-state index contributed by atoms with van der Waals surface area (Å²) < 4.78 is 9.34. The monoisotopic (exact) mass is 172 g/mol. The zero-order valence-corrected chi connectivity index (χ0v) is 8.03. The van der Waals surface area contributed by atoms with Crippen molar-refractivity contribution in [1.29, 1.82) is 0 Å². The molecule has 3 heteroatoms. The Hall–Kier alpha value is -0.990. The van der Waals surface area contributed by atoms with Crippen LogP contribution in [0, 0.1) is 5.92 Å². The maximum atomic E-state index is 10.7. The summed E-state index contributed by atoms with van der Waals surface area (Å²) in [4.78, 5) is 10.7. The molecule has 0 rings (SSSR count). The van der Waals surface area contributed by atoms with Gasteiger partial charge in [-0.1, -0.05) is 19.9 Å². The quantitative estimate of drug-likeness (QED) is 0.484. The Balaban J connectivity index is 4.04. The lowest BCUT2D eigenvalue weighted by molar-refractivity contribution is 0.0380. The molecule has 12 heavy (non-hydrogen) atoms. The summed E-state index contributed by atoms with van der Waals surface area (Å²) in [5.74, 6) is 0.264. The third-order valence-electron chi connectivity index (χ3n) is 1.44. The summed E-state index contributed by atoms with van der Waals surface area (Å²) >= 11 is 0. The van der Waals surface area contributed by atoms with Crippen molar-refractivity contribution in [3.63, 3.8) is 0 Å². The summed E-state index contributed by atoms with van der Waals surface area (Å²) in [5, 5.41) is 0. The van der Waals surface area contributed by atoms with Gasteiger partial charge in [0.05, 0.1) is 7.11 Å². The molecule has 1 atom stereocenters. The number of rotatable bonds is 3. The van der Waals surface area contributed by atoms with Gasteiger partial charge >= 0.3 is 6.16 Å². The van der Waals surface area contributed by atoms with Crippen molar-refractivity contribution in [2.75, 3.05) is 7.11 Å². The van der Waals surface area contributed by atoms with E-state index in [1.54, 1.807) is 0 Å². The van der Waals surface area contributed by atoms with Crippen molar-refractivity contribution in [2.24, 2.45) is 5.92 Å². The molecule has 0 N–H and O–H groups in total. The van der Waals surface area contributed by atoms with Crippen molar-refractivity contribution in [3.8, 4) is 0 Å². The van der Waals surface area contributed by atoms with Gasteiger partial charge in [0.25, 0.3) is 0 Å². The first-order valence-electron chi connectivity index (χ1n) is 3.99. The van der Waals surface area contributed by atoms with Gasteiger partial charge in [-0.2, -0.15) is 0 Å². The molecular formula is C9H16O3. The minimum Gasteiger partial charge on any atom is -0.438 e. The van der Waals surface area contributed by atoms with Crippen molar-refractivity contribution in [1.82, 2.24) is 0 Å². The van der Waals surface area contributed by atoms with E-state index < -0.39 is 6.16 Å². The maximum Gasteiger partial charge on any atom is 0.508 e. The number of methoxy groups -OCH3 is 1. The number of ether oxygens (including phenoxy) is 2. The zero-order chi connectivity index (χ0) is 9.56. The van der Waals surface area contributed by atoms with Crippen molar-refractivity contribution < 1.29 is 14.3 Å². The van der Waals surface area contributed by atoms with Crippen LogP contribution in [0.5, 0.6) is 0 Å². The van der Waals surface area contributed by atoms with Crippen LogP contribution >= 0.6 is 0 Å². The average Bonchev–Trinajstić information content (AvgIpc) is 2.03. The van der Waals surface area contributed by atoms with Gasteiger partial charge in [-0.15, -0.1) is 0 Å². The molecule has 0 aliphatic carbocycles. The first-order valence-corrected chi connectivity index (χ1v) is 3.99. The topological polar surface area (TPSA) is 35.5 Å². The fourth-order valence-electron chi connectivity index (χ4n) is 0.746. The minimum absolute atomic E-state index is 0.192. The van der Waals surface area contributed by atoms with Gasteiger partial charge in [-0.3, -0.25) is 0 Å². The highest BCUT2D eigenvalue weighted by molar-refractivity contribution is 5.60. The van der Waals surface area contributed by atoms with E-state index >= 15 is 0 Å². The molecule has 0 aliphatic rings. The normalized spacial score (nSPS) is 13.4. The summed E-state index contributed by atoms with van der Waals surface area (Å²) in [5.41, 5.74) is 0. The van der Waals surface area contributed by atoms with Gasteiger partial charge in [0.15, 0.2) is 0 Å². The van der Waals surface area contributed by atoms with Crippen molar-refractivity contribution in [3.05, 3.63) is 12.2 Å². The van der Waals surface area contributed by atoms with E-state index in [1.807, 2.05) is 32.9 Å². The van der Waals surface area contributed by atoms with E-state index in [0.29, 0.717) is 0 Å². The second-order valence-electron chi connectivity index (χ2n) is 2.81. The van der Waals surface area contributed by atoms with Crippen LogP contribution in [0.4, 0.5) is 4.79 Å². The number of carbonyl (C=O) groups is 1. The largest absolute Gasteiger partial charge is 0.508 e. The summed E-state index contributed by atoms with van der Waals surface area (Å²) in [7, 11) is 1.30. The van der Waals surface area contributed by atoms with Crippen LogP contribution in [0.25, 0.3) is 0 Å². The van der Waals surface area contributed by atoms with Gasteiger partial charge in [0, 0.05) is 0 Å². The molecule has 0 saturated heterocycles. The Labute approximate surface area is 73.4 Å². The minimum atomic E-state index is -0.633. The first-order chi connectivity index (χ1) is 5.61. The van der Waals surface area contributed by atoms with E-state index in [0.717, 1.165) is 0 Å². The van der Waals surface area contributed by atoms with Crippen LogP contribution in [0.1, 0.15) is 20.8 Å². The summed E-state index contributed by atoms with van der Waals surface area (Å²) in [6.07, 6.45) is 2.86. The van der Waals surface area contributed by atoms with Crippen LogP contribution in [0.15, 0.2) is 12.2 Å². The van der Waals surface area contributed by atoms with Gasteiger partial charge in [-0.25, -0.2) is 4.79 Å². The molecule has 0 saturated carbocycles. The van der Waals surface area contributed by atoms with Crippen LogP contribution in [0.3, 0.4) is 0 Å². The molecule has 0 bridgehead atoms. The Bertz CT molecular complexity index is 161. The molecule has 70 valence electrons. The van der Waals surface area contributed by atoms with Gasteiger partial charge in [0.2, 0.25) is 0 Å². The highest BCUT2D eigenvalue weighted by Crippen LogP contribution is 2.08. The Kier molecular flexibility index (Phi) is 5.17. The molecular weight excluding hydrogens is 156 g/mol. The number of carbonyl (C=O) groups excluding carboxylic acids is 1. The first kappa shape index (κ1) is 11.0. The predicted molar refractivity (Wildman–Crippen MR) is 46.9 cm³/mol. The SMILES string of the molecule is C/C=C/C(OC(=O)OC)C(C)C. The predicted octanol–water partition coefficient (Wildman–Crippen LogP) is 2.37. The van der Waals surface area contributed by atoms with Gasteiger partial charge in [-0.05, 0) is 18.9 Å². The van der Waals surface area contributed by atoms with Crippen molar-refractivity contribution in [2.45, 2.75) is 26.9 Å². The summed E-state index contributed by atoms with van der Waals surface area (Å²) in [6, 6.07) is 0. The molecule has 0 heterocycles. The molecule has 0 fully saturated rings. The average molecular weight is 172 g/mol. The third kappa shape index (κ3) is 4.01. The molecule has 0 aliphatic heterocycles. The summed E-state index contributed by atoms with van der Waals surface area (Å²) in [6.45, 7) is 5.84. The molecule has 0 aromatic carbocycles. The number of allylic oxidation sites excluding steroid dienone is 1. The fraction of sp³-hybridized carbons (Fsp3) is 0.667. The zero-order valence-electron chi connectivity index (χ0n) is 8.03. The number of hydrogen-bond donors (Lipinski definition) is 0. The van der Waals surface area contributed by atoms with E-state index in [-0.39, 0.29) is 12.0 Å². The lowest BCUT2D eigenvalue weighted by Gasteiger charge is -2.16. The Morgan fingerprint density at radius 2 is 2.00 bits per heavy atom. The fourth-order valence-corrected chi connectivity index (χ4v) is 0.746. The van der Waals surface area contributed by atoms with Crippen LogP contribution in [-0.4, -0.2) is 19.4 Å². The van der Waals surface area contributed by atoms with E-state index in [2.05, 4.69) is 4.74 Å². The Morgan fingerprint density at radius 1 is 1.42 bits per heavy atom. The lowest BCUT2D eigenvalue weighted by atomic mass is 10.1. The highest BCUT2D eigenvalue weighted by Gasteiger charge is 2.14. The van der Waals surface area contributed by atoms with Gasteiger partial charge in [0.1, 0.15) is 6.10 Å². The van der Waals surface area contributed by atoms with E-state index in [9.17, 15) is 4.79 Å². The van der Waals surface area contributed by atoms with E-state index in [1.165, 1.54) is 7.11 Å². The second-order valence-corrected chi connectivity index (χ2v) is 2.81. The highest BCUT2D eigenvalue weighted by atomic mass is 16.7. The third-order valence-corrected chi connectivity index (χ3v) is 1.44. The van der Waals surface area contributed by atoms with Crippen LogP contribution in [-0.2, 0) is 9.47 Å². The molecule has 0 aromatic heterocycles. The number of hydrogen-bond acceptors (Lipinski definition) is 3. The molecule has 0 spiro atoms. The molecule has 0 amide bonds. The second kappa shape index (κ2) is 5.63. The Morgan fingerprint density at radius 3 is 2.33 bits per heavy atom. The molecule has 1 unspecified atom stereocenters. The maximum absolute atomic E-state index is 10.7. The standard InChI is InChI=1S/C9H16O3/c1-5-6-8(7(2)3)12-9(10)11-4/h5-8H,1-4H3/b6-5+. The van der Waals surface area contributed by atoms with E-state index in [4.69, 9.17) is 4.74 Å². The van der Waals surface area contributed by atoms with Crippen molar-refractivity contribution >= 4 is 6.16 Å². The molecule has 3 nitrogen and oxygen atoms in total. The van der Waals surface area contributed by atoms with Gasteiger partial charge < -0.3 is 9.47 Å². The van der Waals surface area contributed by atoms with Crippen LogP contribution < -0.4 is 0 Å². The molecule has 0 aromatic rings. The van der Waals surface area contributed by atoms with Crippen LogP contribution in [0.2, 0.25) is 0 Å².